The van der Waals surface area contributed by atoms with Crippen LogP contribution in [0.4, 0.5) is 4.39 Å². The maximum Gasteiger partial charge on any atom is 0.132 e. The van der Waals surface area contributed by atoms with E-state index in [0.717, 1.165) is 0 Å². The first-order valence-electron chi connectivity index (χ1n) is 3.10. The second-order valence-electron chi connectivity index (χ2n) is 2.06. The molecule has 0 radical (unpaired) electrons. The third-order valence-corrected chi connectivity index (χ3v) is 1.32. The molecule has 11 heavy (non-hydrogen) atoms. The summed E-state index contributed by atoms with van der Waals surface area (Å²) in [5.41, 5.74) is 5.51. The molecule has 2 nitrogen and oxygen atoms in total. The number of benzene rings is 1. The van der Waals surface area contributed by atoms with Crippen LogP contribution in [0.5, 0.6) is 0 Å². The molecule has 3 heteroatoms. The van der Waals surface area contributed by atoms with Crippen LogP contribution in [0, 0.1) is 5.82 Å². The standard InChI is InChI=1S/C8H8FNO/c9-7-4-2-1-3-6(7)8(10)5-11/h1-5,11H,10H2/b8-5-. The van der Waals surface area contributed by atoms with E-state index < -0.39 is 5.82 Å². The van der Waals surface area contributed by atoms with Gasteiger partial charge in [0.2, 0.25) is 0 Å². The fourth-order valence-electron chi connectivity index (χ4n) is 0.765. The second kappa shape index (κ2) is 3.05. The highest BCUT2D eigenvalue weighted by atomic mass is 19.1. The minimum Gasteiger partial charge on any atom is -0.513 e. The minimum atomic E-state index is -0.435. The van der Waals surface area contributed by atoms with Crippen LogP contribution in [0.2, 0.25) is 0 Å². The summed E-state index contributed by atoms with van der Waals surface area (Å²) in [6.07, 6.45) is 0.679. The van der Waals surface area contributed by atoms with Crippen LogP contribution < -0.4 is 5.73 Å². The van der Waals surface area contributed by atoms with E-state index in [-0.39, 0.29) is 11.3 Å². The number of nitrogens with two attached hydrogens (primary N) is 1. The lowest BCUT2D eigenvalue weighted by atomic mass is 10.2. The summed E-state index contributed by atoms with van der Waals surface area (Å²) < 4.78 is 12.8. The molecule has 0 aliphatic rings. The fourth-order valence-corrected chi connectivity index (χ4v) is 0.765. The Bertz CT molecular complexity index is 283. The van der Waals surface area contributed by atoms with Crippen molar-refractivity contribution in [3.63, 3.8) is 0 Å². The Balaban J connectivity index is 3.14. The summed E-state index contributed by atoms with van der Waals surface area (Å²) in [5.74, 6) is -0.435. The summed E-state index contributed by atoms with van der Waals surface area (Å²) >= 11 is 0. The molecule has 0 aromatic heterocycles. The molecule has 1 aromatic rings. The largest absolute Gasteiger partial charge is 0.513 e. The molecule has 0 fully saturated rings. The van der Waals surface area contributed by atoms with Crippen molar-refractivity contribution in [1.29, 1.82) is 0 Å². The predicted molar refractivity (Wildman–Crippen MR) is 41.2 cm³/mol. The lowest BCUT2D eigenvalue weighted by molar-refractivity contribution is 0.474. The minimum absolute atomic E-state index is 0.0306. The average molecular weight is 153 g/mol. The van der Waals surface area contributed by atoms with Crippen LogP contribution >= 0.6 is 0 Å². The van der Waals surface area contributed by atoms with Crippen molar-refractivity contribution in [2.45, 2.75) is 0 Å². The first-order valence-corrected chi connectivity index (χ1v) is 3.10. The van der Waals surface area contributed by atoms with E-state index in [9.17, 15) is 4.39 Å². The van der Waals surface area contributed by atoms with E-state index in [1.54, 1.807) is 12.1 Å². The van der Waals surface area contributed by atoms with Crippen molar-refractivity contribution in [2.75, 3.05) is 0 Å². The third kappa shape index (κ3) is 1.49. The van der Waals surface area contributed by atoms with E-state index in [2.05, 4.69) is 0 Å². The normalized spacial score (nSPS) is 11.5. The van der Waals surface area contributed by atoms with Gasteiger partial charge < -0.3 is 10.8 Å². The lowest BCUT2D eigenvalue weighted by Gasteiger charge is -1.99. The molecule has 0 amide bonds. The summed E-state index contributed by atoms with van der Waals surface area (Å²) in [7, 11) is 0. The lowest BCUT2D eigenvalue weighted by Crippen LogP contribution is -1.98. The molecule has 0 aliphatic heterocycles. The number of hydrogen-bond acceptors (Lipinski definition) is 2. The van der Waals surface area contributed by atoms with Crippen LogP contribution in [0.25, 0.3) is 5.70 Å². The number of rotatable bonds is 1. The van der Waals surface area contributed by atoms with Crippen LogP contribution in [0.1, 0.15) is 5.56 Å². The predicted octanol–water partition coefficient (Wildman–Crippen LogP) is 1.64. The Kier molecular flexibility index (Phi) is 2.11. The molecule has 0 saturated carbocycles. The van der Waals surface area contributed by atoms with E-state index in [0.29, 0.717) is 6.26 Å². The molecule has 0 heterocycles. The first-order chi connectivity index (χ1) is 5.25. The molecule has 0 saturated heterocycles. The summed E-state index contributed by atoms with van der Waals surface area (Å²) in [6.45, 7) is 0. The summed E-state index contributed by atoms with van der Waals surface area (Å²) in [4.78, 5) is 0. The first kappa shape index (κ1) is 7.60. The van der Waals surface area contributed by atoms with Gasteiger partial charge in [-0.25, -0.2) is 4.39 Å². The van der Waals surface area contributed by atoms with Gasteiger partial charge in [0, 0.05) is 5.56 Å². The van der Waals surface area contributed by atoms with Crippen molar-refractivity contribution in [3.05, 3.63) is 41.9 Å². The maximum absolute atomic E-state index is 12.8. The van der Waals surface area contributed by atoms with Gasteiger partial charge in [-0.05, 0) is 12.1 Å². The highest BCUT2D eigenvalue weighted by Gasteiger charge is 2.01. The summed E-state index contributed by atoms with van der Waals surface area (Å²) in [6, 6.07) is 5.99. The SMILES string of the molecule is N/C(=C\O)c1ccccc1F. The fraction of sp³-hybridized carbons (Fsp3) is 0. The van der Waals surface area contributed by atoms with Crippen molar-refractivity contribution in [2.24, 2.45) is 5.73 Å². The molecular formula is C8H8FNO. The van der Waals surface area contributed by atoms with Crippen LogP contribution in [-0.4, -0.2) is 5.11 Å². The second-order valence-corrected chi connectivity index (χ2v) is 2.06. The van der Waals surface area contributed by atoms with Gasteiger partial charge >= 0.3 is 0 Å². The highest BCUT2D eigenvalue weighted by Crippen LogP contribution is 2.11. The smallest absolute Gasteiger partial charge is 0.132 e. The number of aliphatic hydroxyl groups is 1. The molecule has 0 aliphatic carbocycles. The van der Waals surface area contributed by atoms with Gasteiger partial charge in [0.1, 0.15) is 12.1 Å². The van der Waals surface area contributed by atoms with Gasteiger partial charge in [0.25, 0.3) is 0 Å². The molecular weight excluding hydrogens is 145 g/mol. The van der Waals surface area contributed by atoms with Gasteiger partial charge in [0.15, 0.2) is 0 Å². The Morgan fingerprint density at radius 1 is 1.45 bits per heavy atom. The van der Waals surface area contributed by atoms with Crippen LogP contribution in [0.15, 0.2) is 30.5 Å². The van der Waals surface area contributed by atoms with Gasteiger partial charge in [0.05, 0.1) is 5.70 Å². The molecule has 1 aromatic carbocycles. The number of halogens is 1. The van der Waals surface area contributed by atoms with E-state index in [1.165, 1.54) is 12.1 Å². The van der Waals surface area contributed by atoms with E-state index >= 15 is 0 Å². The molecule has 3 N–H and O–H groups in total. The number of hydrogen-bond donors (Lipinski definition) is 2. The van der Waals surface area contributed by atoms with Crippen molar-refractivity contribution >= 4 is 5.70 Å². The quantitative estimate of drug-likeness (QED) is 0.602. The Hall–Kier alpha value is -1.51. The van der Waals surface area contributed by atoms with Crippen molar-refractivity contribution in [3.8, 4) is 0 Å². The Labute approximate surface area is 63.8 Å². The van der Waals surface area contributed by atoms with Gasteiger partial charge in [-0.3, -0.25) is 0 Å². The van der Waals surface area contributed by atoms with Crippen molar-refractivity contribution < 1.29 is 9.50 Å². The molecule has 0 bridgehead atoms. The molecule has 0 spiro atoms. The molecule has 0 unspecified atom stereocenters. The monoisotopic (exact) mass is 153 g/mol. The summed E-state index contributed by atoms with van der Waals surface area (Å²) in [5, 5.41) is 8.46. The molecule has 58 valence electrons. The van der Waals surface area contributed by atoms with E-state index in [1.807, 2.05) is 0 Å². The number of aliphatic hydroxyl groups excluding tert-OH is 1. The van der Waals surface area contributed by atoms with Gasteiger partial charge in [-0.15, -0.1) is 0 Å². The third-order valence-electron chi connectivity index (χ3n) is 1.32. The Morgan fingerprint density at radius 3 is 2.64 bits per heavy atom. The Morgan fingerprint density at radius 2 is 2.09 bits per heavy atom. The topological polar surface area (TPSA) is 46.2 Å². The van der Waals surface area contributed by atoms with Gasteiger partial charge in [-0.2, -0.15) is 0 Å². The zero-order valence-corrected chi connectivity index (χ0v) is 5.79. The van der Waals surface area contributed by atoms with Crippen LogP contribution in [-0.2, 0) is 0 Å². The average Bonchev–Trinajstić information content (AvgIpc) is 2.04. The molecule has 0 atom stereocenters. The zero-order valence-electron chi connectivity index (χ0n) is 5.79. The molecule has 1 rings (SSSR count). The maximum atomic E-state index is 12.8. The zero-order chi connectivity index (χ0) is 8.27. The van der Waals surface area contributed by atoms with Gasteiger partial charge in [-0.1, -0.05) is 12.1 Å². The highest BCUT2D eigenvalue weighted by molar-refractivity contribution is 5.61. The van der Waals surface area contributed by atoms with Crippen LogP contribution in [0.3, 0.4) is 0 Å². The van der Waals surface area contributed by atoms with E-state index in [4.69, 9.17) is 10.8 Å². The van der Waals surface area contributed by atoms with Crippen molar-refractivity contribution in [1.82, 2.24) is 0 Å².